The number of fused-ring (bicyclic) bond motifs is 1. The number of hydrogen-bond donors (Lipinski definition) is 1. The third kappa shape index (κ3) is 6.94. The first-order chi connectivity index (χ1) is 18.6. The third-order valence-corrected chi connectivity index (χ3v) is 5.47. The van der Waals surface area contributed by atoms with Gasteiger partial charge < -0.3 is 14.2 Å². The number of ether oxygens (including phenoxy) is 3. The minimum atomic E-state index is -0.412. The number of hydrogen-bond acceptors (Lipinski definition) is 6. The maximum atomic E-state index is 13.2. The number of hydrazone groups is 1. The van der Waals surface area contributed by atoms with Crippen LogP contribution in [-0.2, 0) is 17.8 Å². The molecule has 0 aliphatic rings. The molecule has 38 heavy (non-hydrogen) atoms. The SMILES string of the molecule is C=CCc1cc(/C=N/NC(=O)COc2cccc3cccnc23)cc(OCC)c1OCc1ccc(F)cc1. The van der Waals surface area contributed by atoms with Crippen molar-refractivity contribution in [2.75, 3.05) is 13.2 Å². The van der Waals surface area contributed by atoms with Crippen LogP contribution in [0.4, 0.5) is 4.39 Å². The van der Waals surface area contributed by atoms with Gasteiger partial charge in [0.25, 0.3) is 5.91 Å². The van der Waals surface area contributed by atoms with Gasteiger partial charge in [0.15, 0.2) is 18.1 Å². The van der Waals surface area contributed by atoms with Crippen LogP contribution in [-0.4, -0.2) is 30.3 Å². The molecule has 4 rings (SSSR count). The lowest BCUT2D eigenvalue weighted by atomic mass is 10.1. The molecule has 7 nitrogen and oxygen atoms in total. The summed E-state index contributed by atoms with van der Waals surface area (Å²) in [6.45, 7) is 6.18. The number of benzene rings is 3. The van der Waals surface area contributed by atoms with Crippen LogP contribution in [0.3, 0.4) is 0 Å². The molecule has 8 heteroatoms. The molecule has 3 aromatic carbocycles. The lowest BCUT2D eigenvalue weighted by Crippen LogP contribution is -2.24. The van der Waals surface area contributed by atoms with Crippen LogP contribution in [0.1, 0.15) is 23.6 Å². The topological polar surface area (TPSA) is 82.0 Å². The number of para-hydroxylation sites is 1. The summed E-state index contributed by atoms with van der Waals surface area (Å²) in [5, 5.41) is 5.00. The van der Waals surface area contributed by atoms with E-state index in [4.69, 9.17) is 14.2 Å². The van der Waals surface area contributed by atoms with Crippen molar-refractivity contribution in [1.82, 2.24) is 10.4 Å². The van der Waals surface area contributed by atoms with E-state index in [0.717, 1.165) is 16.5 Å². The molecule has 1 aromatic heterocycles. The van der Waals surface area contributed by atoms with Crippen molar-refractivity contribution in [3.05, 3.63) is 108 Å². The Balaban J connectivity index is 1.43. The number of carbonyl (C=O) groups is 1. The van der Waals surface area contributed by atoms with Crippen LogP contribution in [0, 0.1) is 5.82 Å². The van der Waals surface area contributed by atoms with Crippen LogP contribution in [0.15, 0.2) is 90.7 Å². The van der Waals surface area contributed by atoms with Crippen molar-refractivity contribution in [2.24, 2.45) is 5.10 Å². The van der Waals surface area contributed by atoms with E-state index >= 15 is 0 Å². The Labute approximate surface area is 220 Å². The number of pyridine rings is 1. The molecule has 1 heterocycles. The van der Waals surface area contributed by atoms with Gasteiger partial charge in [0.1, 0.15) is 23.7 Å². The summed E-state index contributed by atoms with van der Waals surface area (Å²) in [7, 11) is 0. The van der Waals surface area contributed by atoms with E-state index in [1.165, 1.54) is 18.3 Å². The number of allylic oxidation sites excluding steroid dienone is 1. The highest BCUT2D eigenvalue weighted by Crippen LogP contribution is 2.34. The summed E-state index contributed by atoms with van der Waals surface area (Å²) in [6.07, 6.45) is 5.49. The lowest BCUT2D eigenvalue weighted by molar-refractivity contribution is -0.123. The molecule has 0 atom stereocenters. The van der Waals surface area contributed by atoms with Gasteiger partial charge in [-0.1, -0.05) is 36.4 Å². The molecule has 4 aromatic rings. The molecule has 0 saturated carbocycles. The van der Waals surface area contributed by atoms with Gasteiger partial charge in [0.2, 0.25) is 0 Å². The molecule has 1 amide bonds. The first-order valence-corrected chi connectivity index (χ1v) is 12.1. The monoisotopic (exact) mass is 513 g/mol. The van der Waals surface area contributed by atoms with Crippen molar-refractivity contribution >= 4 is 23.0 Å². The highest BCUT2D eigenvalue weighted by Gasteiger charge is 2.14. The Kier molecular flexibility index (Phi) is 9.02. The second-order valence-electron chi connectivity index (χ2n) is 8.26. The van der Waals surface area contributed by atoms with Crippen LogP contribution >= 0.6 is 0 Å². The minimum absolute atomic E-state index is 0.213. The average Bonchev–Trinajstić information content (AvgIpc) is 2.93. The Hall–Kier alpha value is -4.72. The van der Waals surface area contributed by atoms with Crippen molar-refractivity contribution in [3.63, 3.8) is 0 Å². The zero-order chi connectivity index (χ0) is 26.7. The minimum Gasteiger partial charge on any atom is -0.490 e. The fourth-order valence-electron chi connectivity index (χ4n) is 3.77. The number of nitrogens with zero attached hydrogens (tertiary/aromatic N) is 2. The third-order valence-electron chi connectivity index (χ3n) is 5.47. The predicted molar refractivity (Wildman–Crippen MR) is 145 cm³/mol. The number of carbonyl (C=O) groups excluding carboxylic acids is 1. The number of rotatable bonds is 12. The number of amides is 1. The van der Waals surface area contributed by atoms with Crippen molar-refractivity contribution in [3.8, 4) is 17.2 Å². The van der Waals surface area contributed by atoms with Gasteiger partial charge in [0.05, 0.1) is 12.8 Å². The van der Waals surface area contributed by atoms with Crippen LogP contribution in [0.5, 0.6) is 17.2 Å². The molecular weight excluding hydrogens is 485 g/mol. The lowest BCUT2D eigenvalue weighted by Gasteiger charge is -2.17. The summed E-state index contributed by atoms with van der Waals surface area (Å²) in [5.41, 5.74) is 5.54. The second-order valence-corrected chi connectivity index (χ2v) is 8.26. The van der Waals surface area contributed by atoms with Gasteiger partial charge in [-0.2, -0.15) is 5.10 Å². The standard InChI is InChI=1S/C30H28FN3O4/c1-3-7-24-16-22(17-27(36-4-2)30(24)38-19-21-11-13-25(31)14-12-21)18-33-34-28(35)20-37-26-10-5-8-23-9-6-15-32-29(23)26/h3,5-6,8-18H,1,4,7,19-20H2,2H3,(H,34,35)/b33-18+. The molecule has 0 saturated heterocycles. The molecule has 0 unspecified atom stereocenters. The highest BCUT2D eigenvalue weighted by atomic mass is 19.1. The number of nitrogens with one attached hydrogen (secondary N) is 1. The van der Waals surface area contributed by atoms with Crippen molar-refractivity contribution < 1.29 is 23.4 Å². The van der Waals surface area contributed by atoms with Gasteiger partial charge >= 0.3 is 0 Å². The van der Waals surface area contributed by atoms with Crippen molar-refractivity contribution in [2.45, 2.75) is 20.0 Å². The Morgan fingerprint density at radius 1 is 1.05 bits per heavy atom. The Bertz CT molecular complexity index is 1430. The van der Waals surface area contributed by atoms with Gasteiger partial charge in [-0.25, -0.2) is 9.82 Å². The molecule has 194 valence electrons. The summed E-state index contributed by atoms with van der Waals surface area (Å²) in [5.74, 6) is 0.922. The smallest absolute Gasteiger partial charge is 0.277 e. The van der Waals surface area contributed by atoms with Gasteiger partial charge in [-0.15, -0.1) is 6.58 Å². The van der Waals surface area contributed by atoms with Gasteiger partial charge in [0, 0.05) is 17.1 Å². The van der Waals surface area contributed by atoms with Gasteiger partial charge in [-0.3, -0.25) is 9.78 Å². The number of halogens is 1. The quantitative estimate of drug-likeness (QED) is 0.151. The molecule has 0 bridgehead atoms. The zero-order valence-corrected chi connectivity index (χ0v) is 21.0. The van der Waals surface area contributed by atoms with Gasteiger partial charge in [-0.05, 0) is 60.9 Å². The number of aromatic nitrogens is 1. The summed E-state index contributed by atoms with van der Waals surface area (Å²) in [6, 6.07) is 19.1. The summed E-state index contributed by atoms with van der Waals surface area (Å²) >= 11 is 0. The maximum Gasteiger partial charge on any atom is 0.277 e. The molecule has 0 aliphatic heterocycles. The Morgan fingerprint density at radius 3 is 2.66 bits per heavy atom. The van der Waals surface area contributed by atoms with Crippen LogP contribution in [0.25, 0.3) is 10.9 Å². The molecule has 0 aliphatic carbocycles. The first kappa shape index (κ1) is 26.3. The molecule has 0 spiro atoms. The average molecular weight is 514 g/mol. The molecule has 1 N–H and O–H groups in total. The van der Waals surface area contributed by atoms with E-state index < -0.39 is 5.91 Å². The fourth-order valence-corrected chi connectivity index (χ4v) is 3.77. The largest absolute Gasteiger partial charge is 0.490 e. The summed E-state index contributed by atoms with van der Waals surface area (Å²) < 4.78 is 30.8. The molecule has 0 fully saturated rings. The normalized spacial score (nSPS) is 10.9. The van der Waals surface area contributed by atoms with Crippen LogP contribution < -0.4 is 19.6 Å². The summed E-state index contributed by atoms with van der Waals surface area (Å²) in [4.78, 5) is 16.6. The molecular formula is C30H28FN3O4. The Morgan fingerprint density at radius 2 is 1.87 bits per heavy atom. The van der Waals surface area contributed by atoms with E-state index in [9.17, 15) is 9.18 Å². The predicted octanol–water partition coefficient (Wildman–Crippen LogP) is 5.61. The van der Waals surface area contributed by atoms with E-state index in [-0.39, 0.29) is 19.0 Å². The second kappa shape index (κ2) is 13.0. The van der Waals surface area contributed by atoms with E-state index in [0.29, 0.717) is 41.4 Å². The zero-order valence-electron chi connectivity index (χ0n) is 21.0. The maximum absolute atomic E-state index is 13.2. The fraction of sp³-hybridized carbons (Fsp3) is 0.167. The van der Waals surface area contributed by atoms with E-state index in [1.54, 1.807) is 36.5 Å². The van der Waals surface area contributed by atoms with Crippen LogP contribution in [0.2, 0.25) is 0 Å². The van der Waals surface area contributed by atoms with Crippen molar-refractivity contribution in [1.29, 1.82) is 0 Å². The molecule has 0 radical (unpaired) electrons. The first-order valence-electron chi connectivity index (χ1n) is 12.1. The van der Waals surface area contributed by atoms with E-state index in [2.05, 4.69) is 22.1 Å². The highest BCUT2D eigenvalue weighted by molar-refractivity contribution is 5.86. The van der Waals surface area contributed by atoms with E-state index in [1.807, 2.05) is 37.3 Å².